The largest absolute Gasteiger partial charge is 0.435 e. The van der Waals surface area contributed by atoms with Crippen molar-refractivity contribution in [1.29, 1.82) is 0 Å². The van der Waals surface area contributed by atoms with E-state index >= 15 is 0 Å². The van der Waals surface area contributed by atoms with Gasteiger partial charge in [-0.3, -0.25) is 14.8 Å². The lowest BCUT2D eigenvalue weighted by molar-refractivity contribution is -0.141. The van der Waals surface area contributed by atoms with Gasteiger partial charge in [0.15, 0.2) is 5.69 Å². The third-order valence-electron chi connectivity index (χ3n) is 2.77. The van der Waals surface area contributed by atoms with Gasteiger partial charge in [0.25, 0.3) is 5.91 Å². The number of anilines is 1. The predicted molar refractivity (Wildman–Crippen MR) is 71.1 cm³/mol. The van der Waals surface area contributed by atoms with Gasteiger partial charge in [-0.15, -0.1) is 0 Å². The molecule has 2 N–H and O–H groups in total. The summed E-state index contributed by atoms with van der Waals surface area (Å²) in [5.41, 5.74) is -3.24. The van der Waals surface area contributed by atoms with E-state index in [2.05, 4.69) is 5.10 Å². The van der Waals surface area contributed by atoms with E-state index in [1.807, 2.05) is 0 Å². The summed E-state index contributed by atoms with van der Waals surface area (Å²) in [5.74, 6) is -3.66. The lowest BCUT2D eigenvalue weighted by atomic mass is 10.2. The Morgan fingerprint density at radius 2 is 1.75 bits per heavy atom. The van der Waals surface area contributed by atoms with Gasteiger partial charge in [-0.05, 0) is 12.1 Å². The number of halogens is 5. The maximum atomic E-state index is 13.4. The van der Waals surface area contributed by atoms with Crippen molar-refractivity contribution in [2.75, 3.05) is 5.32 Å². The van der Waals surface area contributed by atoms with Crippen LogP contribution in [0.4, 0.5) is 32.4 Å². The van der Waals surface area contributed by atoms with Crippen LogP contribution >= 0.6 is 0 Å². The van der Waals surface area contributed by atoms with Crippen LogP contribution in [-0.2, 0) is 13.2 Å². The summed E-state index contributed by atoms with van der Waals surface area (Å²) in [7, 11) is 1.15. The number of alkyl halides is 3. The highest BCUT2D eigenvalue weighted by Crippen LogP contribution is 2.30. The minimum atomic E-state index is -4.91. The molecular weight excluding hydrogens is 339 g/mol. The van der Waals surface area contributed by atoms with Crippen LogP contribution in [0.5, 0.6) is 0 Å². The number of rotatable bonds is 2. The number of nitrogens with one attached hydrogen (secondary N) is 2. The standard InChI is InChI=1S/C13H9F5N4O2/c1-22-5-6(10(21-22)13(16,17)18)11(23)20-12(24)19-9-7(14)3-2-4-8(9)15/h2-5H,1H3,(H2,19,20,23,24). The molecule has 0 spiro atoms. The molecule has 0 radical (unpaired) electrons. The smallest absolute Gasteiger partial charge is 0.302 e. The molecule has 0 saturated carbocycles. The van der Waals surface area contributed by atoms with Crippen molar-refractivity contribution in [2.45, 2.75) is 6.18 Å². The van der Waals surface area contributed by atoms with Crippen LogP contribution in [0.2, 0.25) is 0 Å². The zero-order valence-electron chi connectivity index (χ0n) is 11.9. The highest BCUT2D eigenvalue weighted by molar-refractivity contribution is 6.08. The molecule has 0 fully saturated rings. The number of hydrogen-bond donors (Lipinski definition) is 2. The summed E-state index contributed by atoms with van der Waals surface area (Å²) in [6, 6.07) is 1.35. The fourth-order valence-corrected chi connectivity index (χ4v) is 1.80. The molecule has 0 aliphatic rings. The van der Waals surface area contributed by atoms with Crippen LogP contribution in [0.25, 0.3) is 0 Å². The van der Waals surface area contributed by atoms with Crippen molar-refractivity contribution in [3.8, 4) is 0 Å². The zero-order valence-corrected chi connectivity index (χ0v) is 11.9. The summed E-state index contributed by atoms with van der Waals surface area (Å²) in [5, 5.41) is 6.37. The Bertz CT molecular complexity index is 780. The quantitative estimate of drug-likeness (QED) is 0.820. The normalized spacial score (nSPS) is 11.2. The van der Waals surface area contributed by atoms with Gasteiger partial charge in [-0.2, -0.15) is 18.3 Å². The fraction of sp³-hybridized carbons (Fsp3) is 0.154. The number of aryl methyl sites for hydroxylation is 1. The Hall–Kier alpha value is -2.98. The van der Waals surface area contributed by atoms with Crippen molar-refractivity contribution < 1.29 is 31.5 Å². The van der Waals surface area contributed by atoms with Crippen LogP contribution in [0, 0.1) is 11.6 Å². The molecule has 0 unspecified atom stereocenters. The van der Waals surface area contributed by atoms with Crippen molar-refractivity contribution in [2.24, 2.45) is 7.05 Å². The van der Waals surface area contributed by atoms with E-state index in [-0.39, 0.29) is 0 Å². The van der Waals surface area contributed by atoms with Gasteiger partial charge in [-0.25, -0.2) is 13.6 Å². The Morgan fingerprint density at radius 3 is 2.29 bits per heavy atom. The van der Waals surface area contributed by atoms with Gasteiger partial charge in [0.05, 0.1) is 5.56 Å². The Kier molecular flexibility index (Phi) is 4.53. The van der Waals surface area contributed by atoms with E-state index < -0.39 is 46.7 Å². The predicted octanol–water partition coefficient (Wildman–Crippen LogP) is 2.68. The third kappa shape index (κ3) is 3.67. The molecule has 0 aliphatic carbocycles. The summed E-state index contributed by atoms with van der Waals surface area (Å²) in [4.78, 5) is 23.4. The summed E-state index contributed by atoms with van der Waals surface area (Å²) < 4.78 is 65.7. The van der Waals surface area contributed by atoms with Crippen LogP contribution < -0.4 is 10.6 Å². The zero-order chi connectivity index (χ0) is 18.1. The molecule has 1 aromatic carbocycles. The molecule has 6 nitrogen and oxygen atoms in total. The number of urea groups is 1. The molecule has 0 bridgehead atoms. The molecular formula is C13H9F5N4O2. The van der Waals surface area contributed by atoms with E-state index in [0.29, 0.717) is 0 Å². The minimum absolute atomic E-state index is 0.742. The average Bonchev–Trinajstić information content (AvgIpc) is 2.85. The van der Waals surface area contributed by atoms with Crippen LogP contribution in [0.15, 0.2) is 24.4 Å². The van der Waals surface area contributed by atoms with Gasteiger partial charge in [0, 0.05) is 13.2 Å². The van der Waals surface area contributed by atoms with Gasteiger partial charge in [0.1, 0.15) is 17.3 Å². The molecule has 1 heterocycles. The topological polar surface area (TPSA) is 76.0 Å². The average molecular weight is 348 g/mol. The molecule has 24 heavy (non-hydrogen) atoms. The first-order valence-electron chi connectivity index (χ1n) is 6.26. The number of aromatic nitrogens is 2. The second-order valence-electron chi connectivity index (χ2n) is 4.57. The van der Waals surface area contributed by atoms with Crippen LogP contribution in [0.1, 0.15) is 16.1 Å². The highest BCUT2D eigenvalue weighted by atomic mass is 19.4. The maximum Gasteiger partial charge on any atom is 0.435 e. The lowest BCUT2D eigenvalue weighted by Crippen LogP contribution is -2.35. The van der Waals surface area contributed by atoms with Crippen LogP contribution in [-0.4, -0.2) is 21.7 Å². The molecule has 128 valence electrons. The monoisotopic (exact) mass is 348 g/mol. The number of para-hydroxylation sites is 1. The highest BCUT2D eigenvalue weighted by Gasteiger charge is 2.39. The number of imide groups is 1. The molecule has 0 saturated heterocycles. The van der Waals surface area contributed by atoms with E-state index in [1.165, 1.54) is 0 Å². The molecule has 2 rings (SSSR count). The van der Waals surface area contributed by atoms with Gasteiger partial charge in [0.2, 0.25) is 0 Å². The molecule has 1 aromatic heterocycles. The molecule has 0 atom stereocenters. The number of benzene rings is 1. The van der Waals surface area contributed by atoms with Gasteiger partial charge < -0.3 is 5.32 Å². The first-order valence-corrected chi connectivity index (χ1v) is 6.26. The Balaban J connectivity index is 2.17. The van der Waals surface area contributed by atoms with Crippen LogP contribution in [0.3, 0.4) is 0 Å². The van der Waals surface area contributed by atoms with E-state index in [4.69, 9.17) is 0 Å². The number of hydrogen-bond acceptors (Lipinski definition) is 3. The molecule has 2 aromatic rings. The second kappa shape index (κ2) is 6.26. The molecule has 0 aliphatic heterocycles. The first kappa shape index (κ1) is 17.4. The van der Waals surface area contributed by atoms with Crippen molar-refractivity contribution in [3.05, 3.63) is 47.3 Å². The number of amides is 3. The fourth-order valence-electron chi connectivity index (χ4n) is 1.80. The summed E-state index contributed by atoms with van der Waals surface area (Å²) >= 11 is 0. The van der Waals surface area contributed by atoms with Gasteiger partial charge in [-0.1, -0.05) is 6.07 Å². The lowest BCUT2D eigenvalue weighted by Gasteiger charge is -2.09. The third-order valence-corrected chi connectivity index (χ3v) is 2.77. The molecule has 11 heteroatoms. The maximum absolute atomic E-state index is 13.4. The van der Waals surface area contributed by atoms with E-state index in [0.717, 1.165) is 36.1 Å². The Labute approximate surface area is 131 Å². The van der Waals surface area contributed by atoms with Crippen molar-refractivity contribution >= 4 is 17.6 Å². The number of nitrogens with zero attached hydrogens (tertiary/aromatic N) is 2. The second-order valence-corrected chi connectivity index (χ2v) is 4.57. The van der Waals surface area contributed by atoms with E-state index in [9.17, 15) is 31.5 Å². The van der Waals surface area contributed by atoms with Crippen molar-refractivity contribution in [3.63, 3.8) is 0 Å². The van der Waals surface area contributed by atoms with Crippen molar-refractivity contribution in [1.82, 2.24) is 15.1 Å². The Morgan fingerprint density at radius 1 is 1.17 bits per heavy atom. The number of carbonyl (C=O) groups excluding carboxylic acids is 2. The minimum Gasteiger partial charge on any atom is -0.302 e. The SMILES string of the molecule is Cn1cc(C(=O)NC(=O)Nc2c(F)cccc2F)c(C(F)(F)F)n1. The molecule has 3 amide bonds. The summed E-state index contributed by atoms with van der Waals surface area (Å²) in [6.45, 7) is 0. The number of carbonyl (C=O) groups is 2. The first-order chi connectivity index (χ1) is 11.1. The van der Waals surface area contributed by atoms with E-state index in [1.54, 1.807) is 10.6 Å². The summed E-state index contributed by atoms with van der Waals surface area (Å²) in [6.07, 6.45) is -4.16. The van der Waals surface area contributed by atoms with Gasteiger partial charge >= 0.3 is 12.2 Å².